The number of ether oxygens (including phenoxy) is 1. The Labute approximate surface area is 158 Å². The van der Waals surface area contributed by atoms with Gasteiger partial charge in [0.1, 0.15) is 18.5 Å². The van der Waals surface area contributed by atoms with E-state index in [0.29, 0.717) is 19.0 Å². The molecule has 1 aliphatic rings. The van der Waals surface area contributed by atoms with Gasteiger partial charge in [0.25, 0.3) is 0 Å². The molecule has 0 amide bonds. The zero-order valence-electron chi connectivity index (χ0n) is 15.3. The van der Waals surface area contributed by atoms with Gasteiger partial charge in [-0.15, -0.1) is 0 Å². The molecule has 0 bridgehead atoms. The topological polar surface area (TPSA) is 72.3 Å². The third-order valence-electron chi connectivity index (χ3n) is 4.86. The van der Waals surface area contributed by atoms with E-state index in [9.17, 15) is 4.79 Å². The number of fused-ring (bicyclic) bond motifs is 1. The second kappa shape index (κ2) is 7.75. The van der Waals surface area contributed by atoms with Crippen LogP contribution in [0.25, 0.3) is 11.0 Å². The summed E-state index contributed by atoms with van der Waals surface area (Å²) < 4.78 is 7.93. The van der Waals surface area contributed by atoms with Gasteiger partial charge >= 0.3 is 0 Å². The molecular formula is C20H23N5O2. The molecule has 4 rings (SSSR count). The number of hydrogen-bond donors (Lipinski definition) is 1. The Bertz CT molecular complexity index is 925. The first-order chi connectivity index (χ1) is 13.3. The predicted octanol–water partition coefficient (Wildman–Crippen LogP) is 2.01. The molecule has 3 aromatic rings. The Hall–Kier alpha value is -2.93. The molecule has 1 fully saturated rings. The predicted molar refractivity (Wildman–Crippen MR) is 104 cm³/mol. The van der Waals surface area contributed by atoms with Crippen LogP contribution in [-0.2, 0) is 17.9 Å². The molecular weight excluding hydrogens is 342 g/mol. The summed E-state index contributed by atoms with van der Waals surface area (Å²) in [5.41, 5.74) is 2.78. The zero-order chi connectivity index (χ0) is 18.6. The fourth-order valence-electron chi connectivity index (χ4n) is 3.46. The number of anilines is 1. The summed E-state index contributed by atoms with van der Waals surface area (Å²) in [4.78, 5) is 22.6. The van der Waals surface area contributed by atoms with Crippen molar-refractivity contribution in [3.05, 3.63) is 48.4 Å². The highest BCUT2D eigenvalue weighted by molar-refractivity contribution is 5.93. The van der Waals surface area contributed by atoms with Crippen LogP contribution in [0.1, 0.15) is 12.6 Å². The van der Waals surface area contributed by atoms with Gasteiger partial charge in [-0.25, -0.2) is 0 Å². The molecule has 3 aromatic heterocycles. The van der Waals surface area contributed by atoms with Crippen LogP contribution in [0.15, 0.2) is 42.7 Å². The first-order valence-electron chi connectivity index (χ1n) is 9.25. The quantitative estimate of drug-likeness (QED) is 0.674. The molecule has 140 valence electrons. The Morgan fingerprint density at radius 1 is 1.33 bits per heavy atom. The Morgan fingerprint density at radius 2 is 2.26 bits per heavy atom. The van der Waals surface area contributed by atoms with Gasteiger partial charge in [0.2, 0.25) is 5.88 Å². The highest BCUT2D eigenvalue weighted by atomic mass is 16.5. The second-order valence-corrected chi connectivity index (χ2v) is 6.53. The van der Waals surface area contributed by atoms with Crippen molar-refractivity contribution < 1.29 is 9.53 Å². The molecule has 0 aliphatic carbocycles. The van der Waals surface area contributed by atoms with Crippen molar-refractivity contribution in [2.24, 2.45) is 0 Å². The van der Waals surface area contributed by atoms with Crippen LogP contribution >= 0.6 is 0 Å². The molecule has 27 heavy (non-hydrogen) atoms. The molecule has 1 unspecified atom stereocenters. The molecule has 0 spiro atoms. The fraction of sp³-hybridized carbons (Fsp3) is 0.350. The number of piperazine rings is 1. The van der Waals surface area contributed by atoms with E-state index in [1.54, 1.807) is 6.20 Å². The number of nitrogens with zero attached hydrogens (tertiary/aromatic N) is 4. The van der Waals surface area contributed by atoms with Crippen LogP contribution in [0.4, 0.5) is 5.69 Å². The Kier molecular flexibility index (Phi) is 5.02. The van der Waals surface area contributed by atoms with Crippen molar-refractivity contribution in [1.82, 2.24) is 19.9 Å². The summed E-state index contributed by atoms with van der Waals surface area (Å²) in [6.45, 7) is 5.59. The molecule has 0 radical (unpaired) electrons. The maximum Gasteiger partial charge on any atom is 0.215 e. The second-order valence-electron chi connectivity index (χ2n) is 6.53. The summed E-state index contributed by atoms with van der Waals surface area (Å²) >= 11 is 0. The van der Waals surface area contributed by atoms with Crippen molar-refractivity contribution in [2.45, 2.75) is 26.1 Å². The smallest absolute Gasteiger partial charge is 0.215 e. The fourth-order valence-corrected chi connectivity index (χ4v) is 3.46. The lowest BCUT2D eigenvalue weighted by atomic mass is 10.1. The molecule has 0 aromatic carbocycles. The van der Waals surface area contributed by atoms with Crippen LogP contribution < -0.4 is 15.0 Å². The highest BCUT2D eigenvalue weighted by Gasteiger charge is 2.25. The van der Waals surface area contributed by atoms with Gasteiger partial charge in [0, 0.05) is 50.0 Å². The number of pyridine rings is 2. The molecule has 0 saturated carbocycles. The van der Waals surface area contributed by atoms with Gasteiger partial charge in [-0.2, -0.15) is 4.98 Å². The third kappa shape index (κ3) is 3.50. The maximum atomic E-state index is 11.5. The maximum absolute atomic E-state index is 11.5. The van der Waals surface area contributed by atoms with E-state index in [4.69, 9.17) is 9.72 Å². The minimum atomic E-state index is -0.158. The zero-order valence-corrected chi connectivity index (χ0v) is 15.3. The van der Waals surface area contributed by atoms with Gasteiger partial charge in [-0.1, -0.05) is 6.07 Å². The molecule has 1 saturated heterocycles. The number of aryl methyl sites for hydroxylation is 1. The molecule has 7 heteroatoms. The SMILES string of the molecule is CCn1cc(N2CCNCC2C=O)c2ccc(OCc3ccccn3)nc21. The van der Waals surface area contributed by atoms with Crippen LogP contribution in [0.2, 0.25) is 0 Å². The number of aromatic nitrogens is 3. The summed E-state index contributed by atoms with van der Waals surface area (Å²) in [7, 11) is 0. The Morgan fingerprint density at radius 3 is 3.04 bits per heavy atom. The number of hydrogen-bond acceptors (Lipinski definition) is 6. The van der Waals surface area contributed by atoms with Crippen LogP contribution in [0.3, 0.4) is 0 Å². The van der Waals surface area contributed by atoms with Crippen LogP contribution in [-0.4, -0.2) is 46.5 Å². The largest absolute Gasteiger partial charge is 0.471 e. The molecule has 1 atom stereocenters. The first kappa shape index (κ1) is 17.5. The lowest BCUT2D eigenvalue weighted by Gasteiger charge is -2.34. The van der Waals surface area contributed by atoms with E-state index in [1.807, 2.05) is 30.3 Å². The summed E-state index contributed by atoms with van der Waals surface area (Å²) in [5, 5.41) is 4.31. The number of carbonyl (C=O) groups excluding carboxylic acids is 1. The lowest BCUT2D eigenvalue weighted by molar-refractivity contribution is -0.109. The van der Waals surface area contributed by atoms with Gasteiger partial charge in [-0.3, -0.25) is 4.98 Å². The number of nitrogens with one attached hydrogen (secondary N) is 1. The van der Waals surface area contributed by atoms with Gasteiger partial charge in [-0.05, 0) is 25.1 Å². The van der Waals surface area contributed by atoms with E-state index >= 15 is 0 Å². The monoisotopic (exact) mass is 365 g/mol. The standard InChI is InChI=1S/C20H23N5O2/c1-2-24-12-18(25-10-9-21-11-16(25)13-26)17-6-7-19(23-20(17)24)27-14-15-5-3-4-8-22-15/h3-8,12-13,16,21H,2,9-11,14H2,1H3. The van der Waals surface area contributed by atoms with E-state index in [0.717, 1.165) is 48.3 Å². The summed E-state index contributed by atoms with van der Waals surface area (Å²) in [5.74, 6) is 0.569. The number of aldehydes is 1. The third-order valence-corrected chi connectivity index (χ3v) is 4.86. The number of rotatable bonds is 6. The van der Waals surface area contributed by atoms with Crippen molar-refractivity contribution in [3.63, 3.8) is 0 Å². The van der Waals surface area contributed by atoms with E-state index in [-0.39, 0.29) is 6.04 Å². The van der Waals surface area contributed by atoms with Gasteiger partial charge in [0.15, 0.2) is 0 Å². The van der Waals surface area contributed by atoms with E-state index in [1.165, 1.54) is 0 Å². The molecule has 1 N–H and O–H groups in total. The van der Waals surface area contributed by atoms with Crippen molar-refractivity contribution in [1.29, 1.82) is 0 Å². The van der Waals surface area contributed by atoms with Gasteiger partial charge in [0.05, 0.1) is 17.4 Å². The average molecular weight is 365 g/mol. The van der Waals surface area contributed by atoms with E-state index in [2.05, 4.69) is 32.9 Å². The van der Waals surface area contributed by atoms with E-state index < -0.39 is 0 Å². The van der Waals surface area contributed by atoms with Crippen molar-refractivity contribution in [3.8, 4) is 5.88 Å². The minimum absolute atomic E-state index is 0.158. The molecule has 7 nitrogen and oxygen atoms in total. The van der Waals surface area contributed by atoms with Crippen LogP contribution in [0.5, 0.6) is 5.88 Å². The van der Waals surface area contributed by atoms with Crippen molar-refractivity contribution in [2.75, 3.05) is 24.5 Å². The summed E-state index contributed by atoms with van der Waals surface area (Å²) in [6.07, 6.45) is 4.85. The molecule has 4 heterocycles. The molecule has 1 aliphatic heterocycles. The minimum Gasteiger partial charge on any atom is -0.471 e. The Balaban J connectivity index is 1.64. The van der Waals surface area contributed by atoms with Crippen molar-refractivity contribution >= 4 is 23.0 Å². The highest BCUT2D eigenvalue weighted by Crippen LogP contribution is 2.31. The summed E-state index contributed by atoms with van der Waals surface area (Å²) in [6, 6.07) is 9.50. The lowest BCUT2D eigenvalue weighted by Crippen LogP contribution is -2.52. The van der Waals surface area contributed by atoms with Crippen LogP contribution in [0, 0.1) is 0 Å². The normalized spacial score (nSPS) is 17.2. The number of carbonyl (C=O) groups is 1. The van der Waals surface area contributed by atoms with Gasteiger partial charge < -0.3 is 24.3 Å². The average Bonchev–Trinajstić information content (AvgIpc) is 3.11. The first-order valence-corrected chi connectivity index (χ1v) is 9.25.